The normalized spacial score (nSPS) is 11.1. The maximum absolute atomic E-state index is 11.9. The molecule has 144 valence electrons. The first-order valence-corrected chi connectivity index (χ1v) is 9.59. The molecular weight excluding hydrogens is 496 g/mol. The molecule has 0 unspecified atom stereocenters. The Morgan fingerprint density at radius 1 is 1.29 bits per heavy atom. The lowest BCUT2D eigenvalue weighted by Gasteiger charge is -2.07. The lowest BCUT2D eigenvalue weighted by molar-refractivity contribution is -0.123. The van der Waals surface area contributed by atoms with Crippen LogP contribution in [0.2, 0.25) is 0 Å². The molecule has 0 radical (unpaired) electrons. The van der Waals surface area contributed by atoms with Crippen molar-refractivity contribution in [3.63, 3.8) is 0 Å². The van der Waals surface area contributed by atoms with Crippen LogP contribution < -0.4 is 15.8 Å². The zero-order valence-electron chi connectivity index (χ0n) is 14.5. The summed E-state index contributed by atoms with van der Waals surface area (Å²) < 4.78 is 11.8. The van der Waals surface area contributed by atoms with E-state index >= 15 is 0 Å². The minimum Gasteiger partial charge on any atom is -0.506 e. The number of hydrazone groups is 1. The van der Waals surface area contributed by atoms with Crippen molar-refractivity contribution in [3.8, 4) is 11.5 Å². The number of hydrogen-bond donors (Lipinski definition) is 2. The quantitative estimate of drug-likeness (QED) is 0.309. The molecule has 0 aliphatic rings. The minimum absolute atomic E-state index is 0.00500. The number of aryl methyl sites for hydroxylation is 1. The number of hydrogen-bond acceptors (Lipinski definition) is 6. The van der Waals surface area contributed by atoms with Gasteiger partial charge in [0.15, 0.2) is 6.61 Å². The van der Waals surface area contributed by atoms with Gasteiger partial charge < -0.3 is 14.3 Å². The molecule has 0 aliphatic heterocycles. The van der Waals surface area contributed by atoms with E-state index in [0.29, 0.717) is 21.4 Å². The first kappa shape index (κ1) is 20.1. The number of phenols is 1. The Bertz CT molecular complexity index is 1140. The molecule has 3 rings (SSSR count). The Balaban J connectivity index is 1.62. The molecule has 9 heteroatoms. The summed E-state index contributed by atoms with van der Waals surface area (Å²) in [7, 11) is 0. The summed E-state index contributed by atoms with van der Waals surface area (Å²) in [5.74, 6) is -0.102. The summed E-state index contributed by atoms with van der Waals surface area (Å²) in [6, 6.07) is 9.74. The predicted molar refractivity (Wildman–Crippen MR) is 112 cm³/mol. The summed E-state index contributed by atoms with van der Waals surface area (Å²) in [5, 5.41) is 14.5. The van der Waals surface area contributed by atoms with Crippen molar-refractivity contribution in [2.45, 2.75) is 6.92 Å². The van der Waals surface area contributed by atoms with Gasteiger partial charge in [-0.15, -0.1) is 0 Å². The standard InChI is InChI=1S/C19H14Br2N2O5/c1-10-4-18(25)28-16-7-13(2-3-14(10)16)27-9-17(24)23-22-8-11-5-12(20)6-15(21)19(11)26/h2-8,26H,9H2,1H3,(H,23,24). The van der Waals surface area contributed by atoms with Crippen LogP contribution in [0.1, 0.15) is 11.1 Å². The summed E-state index contributed by atoms with van der Waals surface area (Å²) in [6.45, 7) is 1.53. The van der Waals surface area contributed by atoms with E-state index in [2.05, 4.69) is 42.4 Å². The number of fused-ring (bicyclic) bond motifs is 1. The van der Waals surface area contributed by atoms with Gasteiger partial charge in [-0.25, -0.2) is 10.2 Å². The molecular formula is C19H14Br2N2O5. The fourth-order valence-corrected chi connectivity index (χ4v) is 3.69. The zero-order valence-corrected chi connectivity index (χ0v) is 17.7. The molecule has 1 heterocycles. The highest BCUT2D eigenvalue weighted by atomic mass is 79.9. The third kappa shape index (κ3) is 4.79. The Morgan fingerprint density at radius 3 is 2.86 bits per heavy atom. The highest BCUT2D eigenvalue weighted by molar-refractivity contribution is 9.11. The van der Waals surface area contributed by atoms with E-state index in [4.69, 9.17) is 9.15 Å². The molecule has 0 aliphatic carbocycles. The van der Waals surface area contributed by atoms with Gasteiger partial charge in [0.2, 0.25) is 0 Å². The first-order chi connectivity index (χ1) is 13.3. The molecule has 1 amide bonds. The summed E-state index contributed by atoms with van der Waals surface area (Å²) in [5.41, 5.74) is 3.47. The number of ether oxygens (including phenoxy) is 1. The van der Waals surface area contributed by atoms with Gasteiger partial charge >= 0.3 is 5.63 Å². The molecule has 0 saturated carbocycles. The second-order valence-corrected chi connectivity index (χ2v) is 7.58. The van der Waals surface area contributed by atoms with Crippen molar-refractivity contribution in [2.75, 3.05) is 6.61 Å². The van der Waals surface area contributed by atoms with Crippen molar-refractivity contribution in [3.05, 3.63) is 66.9 Å². The highest BCUT2D eigenvalue weighted by Crippen LogP contribution is 2.30. The predicted octanol–water partition coefficient (Wildman–Crippen LogP) is 3.86. The highest BCUT2D eigenvalue weighted by Gasteiger charge is 2.07. The van der Waals surface area contributed by atoms with E-state index in [9.17, 15) is 14.7 Å². The summed E-state index contributed by atoms with van der Waals surface area (Å²) in [6.07, 6.45) is 1.32. The van der Waals surface area contributed by atoms with Gasteiger partial charge in [-0.05, 0) is 52.7 Å². The van der Waals surface area contributed by atoms with Gasteiger partial charge in [0.25, 0.3) is 5.91 Å². The van der Waals surface area contributed by atoms with E-state index in [1.807, 2.05) is 6.92 Å². The van der Waals surface area contributed by atoms with E-state index in [1.54, 1.807) is 30.3 Å². The average Bonchev–Trinajstić information content (AvgIpc) is 2.63. The average molecular weight is 510 g/mol. The second-order valence-electron chi connectivity index (χ2n) is 5.81. The molecule has 2 aromatic carbocycles. The molecule has 3 aromatic rings. The van der Waals surface area contributed by atoms with Crippen LogP contribution in [0.4, 0.5) is 0 Å². The summed E-state index contributed by atoms with van der Waals surface area (Å²) in [4.78, 5) is 23.4. The number of halogens is 2. The number of phenolic OH excluding ortho intramolecular Hbond substituents is 1. The van der Waals surface area contributed by atoms with E-state index in [1.165, 1.54) is 12.3 Å². The van der Waals surface area contributed by atoms with Crippen molar-refractivity contribution in [2.24, 2.45) is 5.10 Å². The smallest absolute Gasteiger partial charge is 0.336 e. The van der Waals surface area contributed by atoms with E-state index in [0.717, 1.165) is 15.4 Å². The summed E-state index contributed by atoms with van der Waals surface area (Å²) >= 11 is 6.53. The van der Waals surface area contributed by atoms with Crippen LogP contribution in [0, 0.1) is 6.92 Å². The topological polar surface area (TPSA) is 101 Å². The van der Waals surface area contributed by atoms with Gasteiger partial charge in [-0.3, -0.25) is 4.79 Å². The van der Waals surface area contributed by atoms with Crippen molar-refractivity contribution < 1.29 is 19.1 Å². The molecule has 2 N–H and O–H groups in total. The molecule has 28 heavy (non-hydrogen) atoms. The Morgan fingerprint density at radius 2 is 2.07 bits per heavy atom. The maximum Gasteiger partial charge on any atom is 0.336 e. The van der Waals surface area contributed by atoms with Crippen molar-refractivity contribution >= 4 is 55.0 Å². The van der Waals surface area contributed by atoms with Crippen LogP contribution in [0.15, 0.2) is 59.7 Å². The Kier molecular flexibility index (Phi) is 6.15. The van der Waals surface area contributed by atoms with Gasteiger partial charge in [0.1, 0.15) is 17.1 Å². The third-order valence-electron chi connectivity index (χ3n) is 3.74. The van der Waals surface area contributed by atoms with Crippen LogP contribution in [0.3, 0.4) is 0 Å². The maximum atomic E-state index is 11.9. The molecule has 0 spiro atoms. The van der Waals surface area contributed by atoms with Crippen LogP contribution in [-0.4, -0.2) is 23.8 Å². The molecule has 0 saturated heterocycles. The van der Waals surface area contributed by atoms with Crippen LogP contribution in [0.5, 0.6) is 11.5 Å². The van der Waals surface area contributed by atoms with Gasteiger partial charge in [-0.2, -0.15) is 5.10 Å². The number of carbonyl (C=O) groups is 1. The monoisotopic (exact) mass is 508 g/mol. The largest absolute Gasteiger partial charge is 0.506 e. The van der Waals surface area contributed by atoms with Gasteiger partial charge in [0.05, 0.1) is 10.7 Å². The van der Waals surface area contributed by atoms with Crippen molar-refractivity contribution in [1.29, 1.82) is 0 Å². The van der Waals surface area contributed by atoms with Crippen LogP contribution in [-0.2, 0) is 4.79 Å². The number of rotatable bonds is 5. The number of aromatic hydroxyl groups is 1. The van der Waals surface area contributed by atoms with Gasteiger partial charge in [0, 0.05) is 27.6 Å². The van der Waals surface area contributed by atoms with Gasteiger partial charge in [-0.1, -0.05) is 15.9 Å². The second kappa shape index (κ2) is 8.57. The number of nitrogens with zero attached hydrogens (tertiary/aromatic N) is 1. The number of amides is 1. The van der Waals surface area contributed by atoms with Crippen LogP contribution in [0.25, 0.3) is 11.0 Å². The SMILES string of the molecule is Cc1cc(=O)oc2cc(OCC(=O)NN=Cc3cc(Br)cc(Br)c3O)ccc12. The van der Waals surface area contributed by atoms with Crippen LogP contribution >= 0.6 is 31.9 Å². The lowest BCUT2D eigenvalue weighted by atomic mass is 10.1. The Hall–Kier alpha value is -2.65. The number of nitrogens with one attached hydrogen (secondary N) is 1. The van der Waals surface area contributed by atoms with Crippen molar-refractivity contribution in [1.82, 2.24) is 5.43 Å². The fourth-order valence-electron chi connectivity index (χ4n) is 2.43. The lowest BCUT2D eigenvalue weighted by Crippen LogP contribution is -2.24. The molecule has 7 nitrogen and oxygen atoms in total. The number of carbonyl (C=O) groups excluding carboxylic acids is 1. The minimum atomic E-state index is -0.490. The first-order valence-electron chi connectivity index (χ1n) is 8.00. The molecule has 0 bridgehead atoms. The van der Waals surface area contributed by atoms with E-state index in [-0.39, 0.29) is 12.4 Å². The molecule has 1 aromatic heterocycles. The molecule has 0 atom stereocenters. The zero-order chi connectivity index (χ0) is 20.3. The van der Waals surface area contributed by atoms with E-state index < -0.39 is 11.5 Å². The Labute approximate surface area is 176 Å². The fraction of sp³-hybridized carbons (Fsp3) is 0.105. The third-order valence-corrected chi connectivity index (χ3v) is 4.81. The number of benzene rings is 2. The molecule has 0 fully saturated rings.